The van der Waals surface area contributed by atoms with Crippen molar-refractivity contribution < 1.29 is 4.74 Å². The average Bonchev–Trinajstić information content (AvgIpc) is 2.65. The molecule has 0 spiro atoms. The number of aromatic nitrogens is 2. The van der Waals surface area contributed by atoms with Gasteiger partial charge in [0.05, 0.1) is 19.1 Å². The number of benzene rings is 1. The molecule has 2 N–H and O–H groups in total. The third kappa shape index (κ3) is 2.35. The number of ether oxygens (including phenoxy) is 1. The monoisotopic (exact) mass is 203 g/mol. The van der Waals surface area contributed by atoms with Crippen LogP contribution in [0.5, 0.6) is 11.5 Å². The Morgan fingerprint density at radius 3 is 2.93 bits per heavy atom. The van der Waals surface area contributed by atoms with Gasteiger partial charge in [-0.2, -0.15) is 5.10 Å². The zero-order valence-electron chi connectivity index (χ0n) is 8.55. The third-order valence-electron chi connectivity index (χ3n) is 2.02. The Kier molecular flexibility index (Phi) is 2.69. The Morgan fingerprint density at radius 1 is 1.40 bits per heavy atom. The van der Waals surface area contributed by atoms with Crippen LogP contribution in [-0.4, -0.2) is 9.78 Å². The SMILES string of the molecule is Cc1cccc(Oc2cnn(CN)c2)c1. The van der Waals surface area contributed by atoms with Crippen LogP contribution in [0.3, 0.4) is 0 Å². The molecule has 0 fully saturated rings. The van der Waals surface area contributed by atoms with E-state index < -0.39 is 0 Å². The van der Waals surface area contributed by atoms with E-state index in [0.29, 0.717) is 12.4 Å². The lowest BCUT2D eigenvalue weighted by Gasteiger charge is -2.02. The van der Waals surface area contributed by atoms with E-state index in [-0.39, 0.29) is 0 Å². The Bertz CT molecular complexity index is 451. The van der Waals surface area contributed by atoms with Crippen LogP contribution in [0.2, 0.25) is 0 Å². The van der Waals surface area contributed by atoms with Gasteiger partial charge in [-0.1, -0.05) is 12.1 Å². The molecule has 0 saturated heterocycles. The lowest BCUT2D eigenvalue weighted by Crippen LogP contribution is -2.06. The van der Waals surface area contributed by atoms with Crippen molar-refractivity contribution in [1.29, 1.82) is 0 Å². The normalized spacial score (nSPS) is 10.3. The molecule has 78 valence electrons. The maximum atomic E-state index is 5.60. The van der Waals surface area contributed by atoms with Gasteiger partial charge in [-0.05, 0) is 24.6 Å². The molecule has 0 radical (unpaired) electrons. The van der Waals surface area contributed by atoms with Crippen LogP contribution >= 0.6 is 0 Å². The molecule has 0 bridgehead atoms. The first-order chi connectivity index (χ1) is 7.28. The zero-order chi connectivity index (χ0) is 10.7. The van der Waals surface area contributed by atoms with Crippen LogP contribution in [0.1, 0.15) is 5.56 Å². The molecule has 0 amide bonds. The van der Waals surface area contributed by atoms with Crippen LogP contribution in [0.25, 0.3) is 0 Å². The average molecular weight is 203 g/mol. The fraction of sp³-hybridized carbons (Fsp3) is 0.182. The van der Waals surface area contributed by atoms with Crippen molar-refractivity contribution in [3.05, 3.63) is 42.2 Å². The van der Waals surface area contributed by atoms with E-state index in [2.05, 4.69) is 5.10 Å². The summed E-state index contributed by atoms with van der Waals surface area (Å²) in [5, 5.41) is 4.02. The molecule has 2 aromatic rings. The second-order valence-corrected chi connectivity index (χ2v) is 3.32. The third-order valence-corrected chi connectivity index (χ3v) is 2.02. The van der Waals surface area contributed by atoms with Gasteiger partial charge in [-0.3, -0.25) is 4.68 Å². The second-order valence-electron chi connectivity index (χ2n) is 3.32. The summed E-state index contributed by atoms with van der Waals surface area (Å²) in [6.07, 6.45) is 3.41. The highest BCUT2D eigenvalue weighted by Gasteiger charge is 2.00. The van der Waals surface area contributed by atoms with Gasteiger partial charge >= 0.3 is 0 Å². The lowest BCUT2D eigenvalue weighted by atomic mass is 10.2. The van der Waals surface area contributed by atoms with E-state index in [0.717, 1.165) is 5.75 Å². The first-order valence-electron chi connectivity index (χ1n) is 4.75. The molecule has 0 aliphatic heterocycles. The maximum Gasteiger partial charge on any atom is 0.165 e. The van der Waals surface area contributed by atoms with Crippen LogP contribution < -0.4 is 10.5 Å². The Hall–Kier alpha value is -1.81. The Balaban J connectivity index is 2.14. The van der Waals surface area contributed by atoms with Crippen LogP contribution in [0, 0.1) is 6.92 Å². The molecule has 0 aliphatic carbocycles. The molecule has 2 rings (SSSR count). The molecule has 0 saturated carbocycles. The summed E-state index contributed by atoms with van der Waals surface area (Å²) in [4.78, 5) is 0. The molecule has 0 unspecified atom stereocenters. The largest absolute Gasteiger partial charge is 0.454 e. The van der Waals surface area contributed by atoms with Crippen molar-refractivity contribution >= 4 is 0 Å². The standard InChI is InChI=1S/C11H13N3O/c1-9-3-2-4-10(5-9)15-11-6-13-14(7-11)8-12/h2-7H,8,12H2,1H3. The number of nitrogens with zero attached hydrogens (tertiary/aromatic N) is 2. The molecular formula is C11H13N3O. The number of aryl methyl sites for hydroxylation is 1. The fourth-order valence-electron chi connectivity index (χ4n) is 1.31. The van der Waals surface area contributed by atoms with Gasteiger partial charge in [0, 0.05) is 0 Å². The summed E-state index contributed by atoms with van der Waals surface area (Å²) < 4.78 is 7.22. The van der Waals surface area contributed by atoms with E-state index in [1.165, 1.54) is 5.56 Å². The predicted molar refractivity (Wildman–Crippen MR) is 57.7 cm³/mol. The van der Waals surface area contributed by atoms with Crippen molar-refractivity contribution in [1.82, 2.24) is 9.78 Å². The molecular weight excluding hydrogens is 190 g/mol. The van der Waals surface area contributed by atoms with Gasteiger partial charge in [-0.25, -0.2) is 0 Å². The summed E-state index contributed by atoms with van der Waals surface area (Å²) in [5.41, 5.74) is 6.59. The Morgan fingerprint density at radius 2 is 2.27 bits per heavy atom. The Labute approximate surface area is 88.3 Å². The molecule has 1 heterocycles. The van der Waals surface area contributed by atoms with Gasteiger partial charge in [0.1, 0.15) is 5.75 Å². The molecule has 1 aromatic heterocycles. The molecule has 1 aromatic carbocycles. The van der Waals surface area contributed by atoms with Crippen molar-refractivity contribution in [3.8, 4) is 11.5 Å². The smallest absolute Gasteiger partial charge is 0.165 e. The number of hydrogen-bond donors (Lipinski definition) is 1. The van der Waals surface area contributed by atoms with Crippen LogP contribution in [0.15, 0.2) is 36.7 Å². The molecule has 0 atom stereocenters. The van der Waals surface area contributed by atoms with Gasteiger partial charge < -0.3 is 10.5 Å². The van der Waals surface area contributed by atoms with E-state index in [1.54, 1.807) is 17.1 Å². The zero-order valence-corrected chi connectivity index (χ0v) is 8.55. The van der Waals surface area contributed by atoms with E-state index in [4.69, 9.17) is 10.5 Å². The first kappa shape index (κ1) is 9.73. The van der Waals surface area contributed by atoms with Gasteiger partial charge in [-0.15, -0.1) is 0 Å². The van der Waals surface area contributed by atoms with Crippen LogP contribution in [0.4, 0.5) is 0 Å². The van der Waals surface area contributed by atoms with Gasteiger partial charge in [0.2, 0.25) is 0 Å². The highest BCUT2D eigenvalue weighted by Crippen LogP contribution is 2.20. The second kappa shape index (κ2) is 4.14. The minimum absolute atomic E-state index is 0.358. The lowest BCUT2D eigenvalue weighted by molar-refractivity contribution is 0.480. The minimum atomic E-state index is 0.358. The van der Waals surface area contributed by atoms with Crippen molar-refractivity contribution in [3.63, 3.8) is 0 Å². The summed E-state index contributed by atoms with van der Waals surface area (Å²) >= 11 is 0. The molecule has 0 aliphatic rings. The summed E-state index contributed by atoms with van der Waals surface area (Å²) in [6, 6.07) is 7.86. The number of rotatable bonds is 3. The summed E-state index contributed by atoms with van der Waals surface area (Å²) in [6.45, 7) is 2.38. The topological polar surface area (TPSA) is 53.1 Å². The highest BCUT2D eigenvalue weighted by atomic mass is 16.5. The van der Waals surface area contributed by atoms with Crippen molar-refractivity contribution in [2.24, 2.45) is 5.73 Å². The molecule has 4 nitrogen and oxygen atoms in total. The minimum Gasteiger partial charge on any atom is -0.454 e. The van der Waals surface area contributed by atoms with Gasteiger partial charge in [0.25, 0.3) is 0 Å². The molecule has 4 heteroatoms. The summed E-state index contributed by atoms with van der Waals surface area (Å²) in [5.74, 6) is 1.51. The van der Waals surface area contributed by atoms with Crippen LogP contribution in [-0.2, 0) is 6.67 Å². The fourth-order valence-corrected chi connectivity index (χ4v) is 1.31. The highest BCUT2D eigenvalue weighted by molar-refractivity contribution is 5.31. The summed E-state index contributed by atoms with van der Waals surface area (Å²) in [7, 11) is 0. The first-order valence-corrected chi connectivity index (χ1v) is 4.75. The number of hydrogen-bond acceptors (Lipinski definition) is 3. The number of nitrogens with two attached hydrogens (primary N) is 1. The van der Waals surface area contributed by atoms with E-state index in [1.807, 2.05) is 31.2 Å². The quantitative estimate of drug-likeness (QED) is 0.828. The van der Waals surface area contributed by atoms with E-state index >= 15 is 0 Å². The maximum absolute atomic E-state index is 5.60. The predicted octanol–water partition coefficient (Wildman–Crippen LogP) is 1.90. The van der Waals surface area contributed by atoms with Gasteiger partial charge in [0.15, 0.2) is 5.75 Å². The van der Waals surface area contributed by atoms with Crippen molar-refractivity contribution in [2.75, 3.05) is 0 Å². The van der Waals surface area contributed by atoms with Crippen molar-refractivity contribution in [2.45, 2.75) is 13.6 Å². The van der Waals surface area contributed by atoms with E-state index in [9.17, 15) is 0 Å². The molecule has 15 heavy (non-hydrogen) atoms.